The summed E-state index contributed by atoms with van der Waals surface area (Å²) >= 11 is 0. The topological polar surface area (TPSA) is 111 Å². The molecule has 9 nitrogen and oxygen atoms in total. The molecule has 0 saturated carbocycles. The summed E-state index contributed by atoms with van der Waals surface area (Å²) in [6.45, 7) is 0.502. The molecule has 1 unspecified atom stereocenters. The minimum atomic E-state index is -0.229. The molecule has 3 atom stereocenters. The third-order valence-corrected chi connectivity index (χ3v) is 6.85. The van der Waals surface area contributed by atoms with Crippen LogP contribution in [0.25, 0.3) is 17.3 Å². The number of carbonyl (C=O) groups excluding carboxylic acids is 2. The van der Waals surface area contributed by atoms with Crippen molar-refractivity contribution in [3.63, 3.8) is 0 Å². The van der Waals surface area contributed by atoms with E-state index < -0.39 is 0 Å². The Kier molecular flexibility index (Phi) is 5.49. The van der Waals surface area contributed by atoms with E-state index in [-0.39, 0.29) is 17.6 Å². The van der Waals surface area contributed by atoms with Gasteiger partial charge in [-0.15, -0.1) is 10.2 Å². The molecule has 2 aromatic rings. The van der Waals surface area contributed by atoms with Gasteiger partial charge in [0.15, 0.2) is 5.82 Å². The number of nitrogens with zero attached hydrogens (tertiary/aromatic N) is 4. The summed E-state index contributed by atoms with van der Waals surface area (Å²) in [7, 11) is 3.36. The number of aromatic nitrogens is 2. The number of rotatable bonds is 4. The molecule has 1 aromatic carbocycles. The Morgan fingerprint density at radius 1 is 1.18 bits per heavy atom. The van der Waals surface area contributed by atoms with Crippen LogP contribution in [-0.2, 0) is 4.79 Å². The van der Waals surface area contributed by atoms with Gasteiger partial charge in [0.05, 0.1) is 17.9 Å². The number of fused-ring (bicyclic) bond motifs is 3. The van der Waals surface area contributed by atoms with Crippen LogP contribution in [0.2, 0.25) is 0 Å². The Morgan fingerprint density at radius 3 is 2.64 bits per heavy atom. The van der Waals surface area contributed by atoms with Crippen molar-refractivity contribution in [2.24, 2.45) is 0 Å². The monoisotopic (exact) mass is 448 g/mol. The normalized spacial score (nSPS) is 24.3. The van der Waals surface area contributed by atoms with Gasteiger partial charge in [-0.1, -0.05) is 6.07 Å². The number of carbonyl (C=O) groups is 2. The molecule has 2 amide bonds. The zero-order chi connectivity index (χ0) is 23.1. The van der Waals surface area contributed by atoms with Crippen molar-refractivity contribution in [3.05, 3.63) is 41.5 Å². The van der Waals surface area contributed by atoms with Crippen molar-refractivity contribution in [1.82, 2.24) is 25.7 Å². The Bertz CT molecular complexity index is 1120. The van der Waals surface area contributed by atoms with E-state index in [0.29, 0.717) is 53.0 Å². The van der Waals surface area contributed by atoms with Gasteiger partial charge in [-0.2, -0.15) is 0 Å². The number of benzene rings is 1. The van der Waals surface area contributed by atoms with Gasteiger partial charge >= 0.3 is 0 Å². The van der Waals surface area contributed by atoms with Crippen LogP contribution in [0.4, 0.5) is 5.82 Å². The van der Waals surface area contributed by atoms with Crippen LogP contribution in [0.1, 0.15) is 41.6 Å². The number of nitrogens with one attached hydrogen (secondary N) is 2. The van der Waals surface area contributed by atoms with Gasteiger partial charge in [0, 0.05) is 43.9 Å². The molecule has 2 fully saturated rings. The Hall–Kier alpha value is -3.46. The molecule has 172 valence electrons. The highest BCUT2D eigenvalue weighted by atomic mass is 16.3. The van der Waals surface area contributed by atoms with Crippen molar-refractivity contribution >= 4 is 23.7 Å². The number of phenolic OH excluding ortho intramolecular Hbond substituents is 1. The van der Waals surface area contributed by atoms with Gasteiger partial charge in [-0.25, -0.2) is 0 Å². The largest absolute Gasteiger partial charge is 0.507 e. The van der Waals surface area contributed by atoms with Crippen molar-refractivity contribution in [3.8, 4) is 17.0 Å². The van der Waals surface area contributed by atoms with Gasteiger partial charge in [0.1, 0.15) is 5.75 Å². The van der Waals surface area contributed by atoms with Crippen molar-refractivity contribution in [1.29, 1.82) is 0 Å². The number of hydrogen-bond acceptors (Lipinski definition) is 7. The summed E-state index contributed by atoms with van der Waals surface area (Å²) < 4.78 is 0. The van der Waals surface area contributed by atoms with Gasteiger partial charge in [0.2, 0.25) is 5.91 Å². The lowest BCUT2D eigenvalue weighted by atomic mass is 9.97. The van der Waals surface area contributed by atoms with Gasteiger partial charge in [0.25, 0.3) is 5.91 Å². The van der Waals surface area contributed by atoms with Crippen molar-refractivity contribution in [2.45, 2.75) is 43.8 Å². The van der Waals surface area contributed by atoms with E-state index >= 15 is 0 Å². The molecule has 4 heterocycles. The van der Waals surface area contributed by atoms with Crippen LogP contribution in [0.3, 0.4) is 0 Å². The fourth-order valence-corrected chi connectivity index (χ4v) is 5.15. The van der Waals surface area contributed by atoms with E-state index in [9.17, 15) is 14.7 Å². The van der Waals surface area contributed by atoms with Gasteiger partial charge in [-0.3, -0.25) is 9.59 Å². The van der Waals surface area contributed by atoms with Crippen LogP contribution in [0.15, 0.2) is 30.3 Å². The average molecular weight is 449 g/mol. The van der Waals surface area contributed by atoms with E-state index in [1.165, 1.54) is 18.9 Å². The van der Waals surface area contributed by atoms with Crippen molar-refractivity contribution < 1.29 is 14.7 Å². The Balaban J connectivity index is 1.45. The molecular weight excluding hydrogens is 420 g/mol. The summed E-state index contributed by atoms with van der Waals surface area (Å²) in [5, 5.41) is 25.6. The first-order valence-electron chi connectivity index (χ1n) is 11.3. The lowest BCUT2D eigenvalue weighted by Gasteiger charge is -2.43. The second kappa shape index (κ2) is 8.47. The maximum absolute atomic E-state index is 13.0. The Morgan fingerprint density at radius 2 is 1.94 bits per heavy atom. The zero-order valence-electron chi connectivity index (χ0n) is 18.8. The molecule has 2 saturated heterocycles. The summed E-state index contributed by atoms with van der Waals surface area (Å²) in [6, 6.07) is 8.15. The molecular formula is C24H28N6O3. The molecule has 2 bridgehead atoms. The highest BCUT2D eigenvalue weighted by Crippen LogP contribution is 2.37. The van der Waals surface area contributed by atoms with Crippen LogP contribution >= 0.6 is 0 Å². The fourth-order valence-electron chi connectivity index (χ4n) is 5.15. The average Bonchev–Trinajstić information content (AvgIpc) is 3.16. The third kappa shape index (κ3) is 4.04. The minimum absolute atomic E-state index is 0.00621. The first-order valence-corrected chi connectivity index (χ1v) is 11.3. The van der Waals surface area contributed by atoms with E-state index in [2.05, 4.69) is 25.7 Å². The molecule has 3 N–H and O–H groups in total. The summed E-state index contributed by atoms with van der Waals surface area (Å²) in [4.78, 5) is 28.3. The first kappa shape index (κ1) is 21.4. The van der Waals surface area contributed by atoms with E-state index in [4.69, 9.17) is 0 Å². The van der Waals surface area contributed by atoms with Crippen LogP contribution in [0.5, 0.6) is 5.75 Å². The summed E-state index contributed by atoms with van der Waals surface area (Å²) in [6.07, 6.45) is 7.48. The highest BCUT2D eigenvalue weighted by Gasteiger charge is 2.40. The standard InChI is InChI=1S/C24H28N6O3/c1-25-22(32)8-4-14-3-7-18(21(31)9-14)20-12-19-23(28-27-20)30(13-29(2)24(19)33)17-10-15-5-6-16(11-17)26-15/h3-4,7-9,12,15-17,26,31H,5-6,10-11,13H2,1-2H3,(H,25,32)/b8-4+/t15-,16+,17?. The van der Waals surface area contributed by atoms with E-state index in [1.54, 1.807) is 49.3 Å². The molecule has 33 heavy (non-hydrogen) atoms. The quantitative estimate of drug-likeness (QED) is 0.611. The zero-order valence-corrected chi connectivity index (χ0v) is 18.8. The number of amides is 2. The SMILES string of the molecule is CNC(=O)/C=C/c1ccc(-c2cc3c(nn2)N(C2C[C@H]4CC[C@@H](C2)N4)CN(C)C3=O)c(O)c1. The first-order chi connectivity index (χ1) is 15.9. The lowest BCUT2D eigenvalue weighted by molar-refractivity contribution is -0.115. The lowest BCUT2D eigenvalue weighted by Crippen LogP contribution is -2.54. The van der Waals surface area contributed by atoms with Gasteiger partial charge in [-0.05, 0) is 55.5 Å². The molecule has 3 aliphatic rings. The minimum Gasteiger partial charge on any atom is -0.507 e. The smallest absolute Gasteiger partial charge is 0.258 e. The third-order valence-electron chi connectivity index (χ3n) is 6.85. The second-order valence-corrected chi connectivity index (χ2v) is 9.07. The molecule has 0 radical (unpaired) electrons. The predicted octanol–water partition coefficient (Wildman–Crippen LogP) is 1.74. The summed E-state index contributed by atoms with van der Waals surface area (Å²) in [5.41, 5.74) is 2.09. The number of hydrogen-bond donors (Lipinski definition) is 3. The molecule has 0 spiro atoms. The van der Waals surface area contributed by atoms with Gasteiger partial charge < -0.3 is 25.5 Å². The number of aromatic hydroxyl groups is 1. The van der Waals surface area contributed by atoms with E-state index in [0.717, 1.165) is 12.8 Å². The molecule has 5 rings (SSSR count). The van der Waals surface area contributed by atoms with E-state index in [1.807, 2.05) is 0 Å². The number of likely N-dealkylation sites (N-methyl/N-ethyl adjacent to an activating group) is 1. The summed E-state index contributed by atoms with van der Waals surface area (Å²) in [5.74, 6) is 0.302. The molecule has 0 aliphatic carbocycles. The molecule has 3 aliphatic heterocycles. The Labute approximate surface area is 192 Å². The predicted molar refractivity (Wildman–Crippen MR) is 125 cm³/mol. The van der Waals surface area contributed by atoms with Crippen molar-refractivity contribution in [2.75, 3.05) is 25.7 Å². The molecule has 9 heteroatoms. The fraction of sp³-hybridized carbons (Fsp3) is 0.417. The highest BCUT2D eigenvalue weighted by molar-refractivity contribution is 6.01. The number of anilines is 1. The second-order valence-electron chi connectivity index (χ2n) is 9.07. The molecule has 1 aromatic heterocycles. The maximum Gasteiger partial charge on any atom is 0.258 e. The number of piperidine rings is 1. The number of phenols is 1. The maximum atomic E-state index is 13.0. The van der Waals surface area contributed by atoms with Crippen LogP contribution < -0.4 is 15.5 Å². The van der Waals surface area contributed by atoms with Crippen LogP contribution in [0, 0.1) is 0 Å². The van der Waals surface area contributed by atoms with Crippen LogP contribution in [-0.4, -0.2) is 70.9 Å².